The van der Waals surface area contributed by atoms with E-state index in [0.29, 0.717) is 21.4 Å². The van der Waals surface area contributed by atoms with Crippen LogP contribution in [0.4, 0.5) is 11.4 Å². The Morgan fingerprint density at radius 1 is 0.600 bits per heavy atom. The molecular formula is C44H62Cl4N6O6. The lowest BCUT2D eigenvalue weighted by molar-refractivity contribution is -0.120. The van der Waals surface area contributed by atoms with E-state index in [1.807, 2.05) is 52.0 Å². The van der Waals surface area contributed by atoms with Crippen LogP contribution in [0.2, 0.25) is 20.1 Å². The number of aromatic amines is 2. The molecule has 2 aromatic heterocycles. The van der Waals surface area contributed by atoms with Crippen molar-refractivity contribution in [1.82, 2.24) is 19.1 Å². The molecular weight excluding hydrogens is 850 g/mol. The summed E-state index contributed by atoms with van der Waals surface area (Å²) in [4.78, 5) is 74.9. The molecule has 2 aromatic carbocycles. The second-order valence-electron chi connectivity index (χ2n) is 16.6. The smallest absolute Gasteiger partial charge is 0.326 e. The summed E-state index contributed by atoms with van der Waals surface area (Å²) in [6, 6.07) is 11.1. The highest BCUT2D eigenvalue weighted by molar-refractivity contribution is 6.32. The molecule has 0 radical (unpaired) electrons. The van der Waals surface area contributed by atoms with Crippen LogP contribution in [0, 0.1) is 39.5 Å². The molecule has 0 saturated carbocycles. The summed E-state index contributed by atoms with van der Waals surface area (Å²) in [5, 5.41) is 7.24. The Balaban J connectivity index is 0.000000401. The predicted molar refractivity (Wildman–Crippen MR) is 250 cm³/mol. The number of H-pyrrole nitrogens is 2. The second kappa shape index (κ2) is 23.8. The van der Waals surface area contributed by atoms with Gasteiger partial charge in [-0.15, -0.1) is 0 Å². The van der Waals surface area contributed by atoms with Crippen molar-refractivity contribution in [3.8, 4) is 0 Å². The highest BCUT2D eigenvalue weighted by Crippen LogP contribution is 2.22. The molecule has 4 N–H and O–H groups in total. The van der Waals surface area contributed by atoms with Crippen molar-refractivity contribution in [2.24, 2.45) is 11.8 Å². The fourth-order valence-electron chi connectivity index (χ4n) is 5.46. The highest BCUT2D eigenvalue weighted by Gasteiger charge is 2.22. The molecule has 0 aliphatic rings. The molecule has 2 unspecified atom stereocenters. The third kappa shape index (κ3) is 16.4. The van der Waals surface area contributed by atoms with Gasteiger partial charge in [0.05, 0.1) is 0 Å². The Morgan fingerprint density at radius 3 is 1.15 bits per heavy atom. The van der Waals surface area contributed by atoms with E-state index in [-0.39, 0.29) is 33.7 Å². The van der Waals surface area contributed by atoms with E-state index in [2.05, 4.69) is 34.4 Å². The normalized spacial score (nSPS) is 12.0. The number of nitrogens with one attached hydrogen (secondary N) is 4. The molecule has 0 saturated heterocycles. The van der Waals surface area contributed by atoms with Gasteiger partial charge >= 0.3 is 11.4 Å². The maximum absolute atomic E-state index is 11.7. The Labute approximate surface area is 373 Å². The van der Waals surface area contributed by atoms with Crippen molar-refractivity contribution in [3.63, 3.8) is 0 Å². The molecule has 2 heterocycles. The SMILES string of the molecule is CCCC(C)C(=O)Nc1ccc(C)c(Cl)c1.CCCC(C)C(=O)Nc1ccc(C)c(Cl)c1.Cc1[nH]c(=O)n(C(C)(C)C)c(=O)c1Cl.Cc1[nH]c(=O)n(C(C)(C)C)c(=O)c1Cl. The fourth-order valence-corrected chi connectivity index (χ4v) is 6.09. The summed E-state index contributed by atoms with van der Waals surface area (Å²) in [6.07, 6.45) is 3.85. The minimum absolute atomic E-state index is 0.0464. The number of aryl methyl sites for hydroxylation is 4. The van der Waals surface area contributed by atoms with Crippen LogP contribution in [-0.4, -0.2) is 30.9 Å². The van der Waals surface area contributed by atoms with E-state index in [0.717, 1.165) is 57.3 Å². The van der Waals surface area contributed by atoms with Gasteiger partial charge in [-0.1, -0.05) is 99.1 Å². The Morgan fingerprint density at radius 2 is 0.900 bits per heavy atom. The van der Waals surface area contributed by atoms with Crippen molar-refractivity contribution >= 4 is 69.6 Å². The van der Waals surface area contributed by atoms with E-state index >= 15 is 0 Å². The Bertz CT molecular complexity index is 2170. The first-order chi connectivity index (χ1) is 27.6. The van der Waals surface area contributed by atoms with Gasteiger partial charge in [0.15, 0.2) is 0 Å². The van der Waals surface area contributed by atoms with Gasteiger partial charge in [-0.25, -0.2) is 9.59 Å². The van der Waals surface area contributed by atoms with Crippen LogP contribution in [0.5, 0.6) is 0 Å². The second-order valence-corrected chi connectivity index (χ2v) is 18.2. The van der Waals surface area contributed by atoms with Crippen molar-refractivity contribution in [1.29, 1.82) is 0 Å². The average molecular weight is 913 g/mol. The molecule has 0 aliphatic heterocycles. The third-order valence-corrected chi connectivity index (χ3v) is 10.7. The molecule has 0 aliphatic carbocycles. The van der Waals surface area contributed by atoms with Crippen molar-refractivity contribution < 1.29 is 9.59 Å². The first-order valence-electron chi connectivity index (χ1n) is 19.8. The van der Waals surface area contributed by atoms with E-state index < -0.39 is 33.6 Å². The monoisotopic (exact) mass is 910 g/mol. The molecule has 0 fully saturated rings. The molecule has 12 nitrogen and oxygen atoms in total. The zero-order chi connectivity index (χ0) is 46.4. The zero-order valence-electron chi connectivity index (χ0n) is 37.3. The van der Waals surface area contributed by atoms with Gasteiger partial charge in [-0.05, 0) is 117 Å². The van der Waals surface area contributed by atoms with Crippen LogP contribution >= 0.6 is 46.4 Å². The largest absolute Gasteiger partial charge is 0.329 e. The number of aromatic nitrogens is 4. The molecule has 60 heavy (non-hydrogen) atoms. The van der Waals surface area contributed by atoms with Gasteiger partial charge < -0.3 is 20.6 Å². The summed E-state index contributed by atoms with van der Waals surface area (Å²) >= 11 is 23.5. The number of carbonyl (C=O) groups excluding carboxylic acids is 2. The van der Waals surface area contributed by atoms with E-state index in [4.69, 9.17) is 46.4 Å². The quantitative estimate of drug-likeness (QED) is 0.137. The van der Waals surface area contributed by atoms with Crippen LogP contribution in [-0.2, 0) is 20.7 Å². The van der Waals surface area contributed by atoms with Gasteiger partial charge in [-0.3, -0.25) is 28.3 Å². The number of amides is 2. The van der Waals surface area contributed by atoms with E-state index in [1.165, 1.54) is 0 Å². The summed E-state index contributed by atoms with van der Waals surface area (Å²) in [7, 11) is 0. The van der Waals surface area contributed by atoms with Crippen LogP contribution < -0.4 is 33.1 Å². The van der Waals surface area contributed by atoms with Gasteiger partial charge in [0, 0.05) is 55.7 Å². The highest BCUT2D eigenvalue weighted by atomic mass is 35.5. The molecule has 0 spiro atoms. The lowest BCUT2D eigenvalue weighted by atomic mass is 10.1. The van der Waals surface area contributed by atoms with E-state index in [1.54, 1.807) is 67.5 Å². The van der Waals surface area contributed by atoms with Gasteiger partial charge in [0.25, 0.3) is 11.1 Å². The molecule has 4 aromatic rings. The third-order valence-electron chi connectivity index (χ3n) is 8.99. The Kier molecular flexibility index (Phi) is 21.4. The molecule has 2 amide bonds. The fraction of sp³-hybridized carbons (Fsp3) is 0.500. The number of anilines is 2. The van der Waals surface area contributed by atoms with Crippen molar-refractivity contribution in [2.45, 2.75) is 134 Å². The molecule has 4 rings (SSSR count). The lowest BCUT2D eigenvalue weighted by Gasteiger charge is -2.21. The van der Waals surface area contributed by atoms with Gasteiger partial charge in [-0.2, -0.15) is 0 Å². The lowest BCUT2D eigenvalue weighted by Crippen LogP contribution is -2.45. The summed E-state index contributed by atoms with van der Waals surface area (Å²) in [5.74, 6) is 0.207. The summed E-state index contributed by atoms with van der Waals surface area (Å²) < 4.78 is 2.23. The van der Waals surface area contributed by atoms with Crippen LogP contribution in [0.25, 0.3) is 0 Å². The van der Waals surface area contributed by atoms with E-state index in [9.17, 15) is 28.8 Å². The predicted octanol–water partition coefficient (Wildman–Crippen LogP) is 10.6. The Hall–Kier alpha value is -4.10. The van der Waals surface area contributed by atoms with Crippen LogP contribution in [0.1, 0.15) is 117 Å². The number of rotatable bonds is 8. The summed E-state index contributed by atoms with van der Waals surface area (Å²) in [5.41, 5.74) is 1.50. The van der Waals surface area contributed by atoms with Gasteiger partial charge in [0.1, 0.15) is 10.0 Å². The number of hydrogen-bond acceptors (Lipinski definition) is 6. The molecule has 332 valence electrons. The maximum atomic E-state index is 11.7. The first-order valence-corrected chi connectivity index (χ1v) is 21.3. The molecule has 0 bridgehead atoms. The summed E-state index contributed by atoms with van der Waals surface area (Å²) in [6.45, 7) is 25.7. The number of hydrogen-bond donors (Lipinski definition) is 4. The van der Waals surface area contributed by atoms with Crippen molar-refractivity contribution in [2.75, 3.05) is 10.6 Å². The molecule has 2 atom stereocenters. The maximum Gasteiger partial charge on any atom is 0.329 e. The van der Waals surface area contributed by atoms with Crippen LogP contribution in [0.15, 0.2) is 55.6 Å². The first kappa shape index (κ1) is 53.9. The number of halogens is 4. The standard InChI is InChI=1S/2C13H18ClNO.2C9H13ClN2O2/c2*1-4-5-10(3)13(16)15-11-7-6-9(2)12(14)8-11;2*1-5-6(10)7(13)12(8(14)11-5)9(2,3)4/h2*6-8,10H,4-5H2,1-3H3,(H,15,16);2*1-4H3,(H,11,14). The number of benzene rings is 2. The van der Waals surface area contributed by atoms with Gasteiger partial charge in [0.2, 0.25) is 11.8 Å². The zero-order valence-corrected chi connectivity index (χ0v) is 40.3. The molecule has 16 heteroatoms. The minimum atomic E-state index is -0.567. The van der Waals surface area contributed by atoms with Crippen LogP contribution in [0.3, 0.4) is 0 Å². The topological polar surface area (TPSA) is 168 Å². The minimum Gasteiger partial charge on any atom is -0.326 e. The average Bonchev–Trinajstić information content (AvgIpc) is 3.12. The van der Waals surface area contributed by atoms with Crippen molar-refractivity contribution in [3.05, 3.63) is 121 Å². The number of carbonyl (C=O) groups is 2. The number of nitrogens with zero attached hydrogens (tertiary/aromatic N) is 2.